The number of benzene rings is 9. The minimum absolute atomic E-state index is 0.512. The molecular weight excluding hydrogens is 800 g/mol. The van der Waals surface area contributed by atoms with Crippen LogP contribution < -0.4 is 0 Å². The number of hydrogen-bond donors (Lipinski definition) is 0. The molecule has 3 nitrogen and oxygen atoms in total. The first-order valence-corrected chi connectivity index (χ1v) is 23.1. The van der Waals surface area contributed by atoms with Crippen LogP contribution in [0.3, 0.4) is 0 Å². The quantitative estimate of drug-likeness (QED) is 0.0805. The maximum Gasteiger partial charge on any atom is 0.336 e. The van der Waals surface area contributed by atoms with Crippen molar-refractivity contribution >= 4 is 8.60 Å². The Morgan fingerprint density at radius 1 is 0.219 bits per heavy atom. The molecule has 0 N–H and O–H groups in total. The first-order chi connectivity index (χ1) is 31.7. The molecule has 0 amide bonds. The normalized spacial score (nSPS) is 12.0. The molecule has 0 aliphatic carbocycles. The van der Waals surface area contributed by atoms with Crippen molar-refractivity contribution in [2.24, 2.45) is 0 Å². The molecule has 9 aromatic rings. The fourth-order valence-corrected chi connectivity index (χ4v) is 10.6. The summed E-state index contributed by atoms with van der Waals surface area (Å²) in [6.45, 7) is 0. The van der Waals surface area contributed by atoms with Crippen molar-refractivity contribution in [3.8, 4) is 0 Å². The standard InChI is InChI=1S/C60H51O3P/c1-10-28-49(29-11-1)46-58(52-34-16-4-17-35-52,53-36-18-5-19-37-53)61-64(62-59(54-38-20-6-21-39-54,55-40-22-7-23-41-55)47-50-30-12-2-13-31-50)63-60(56-42-24-8-25-43-56,57-44-26-9-27-45-57)48-51-32-14-3-15-33-51/h1-45H,46-48H2. The first-order valence-electron chi connectivity index (χ1n) is 22.0. The molecule has 9 aromatic carbocycles. The molecule has 0 saturated heterocycles. The van der Waals surface area contributed by atoms with E-state index < -0.39 is 25.4 Å². The molecule has 0 aliphatic heterocycles. The predicted molar refractivity (Wildman–Crippen MR) is 262 cm³/mol. The van der Waals surface area contributed by atoms with Crippen LogP contribution in [0.1, 0.15) is 50.1 Å². The molecule has 0 radical (unpaired) electrons. The van der Waals surface area contributed by atoms with E-state index in [9.17, 15) is 0 Å². The fraction of sp³-hybridized carbons (Fsp3) is 0.100. The van der Waals surface area contributed by atoms with Crippen LogP contribution in [-0.2, 0) is 49.6 Å². The van der Waals surface area contributed by atoms with Crippen LogP contribution in [0.4, 0.5) is 0 Å². The summed E-state index contributed by atoms with van der Waals surface area (Å²) in [5.41, 5.74) is 6.08. The second-order valence-electron chi connectivity index (χ2n) is 16.2. The van der Waals surface area contributed by atoms with Crippen LogP contribution in [0.2, 0.25) is 0 Å². The lowest BCUT2D eigenvalue weighted by molar-refractivity contribution is -0.0162. The van der Waals surface area contributed by atoms with Crippen molar-refractivity contribution in [1.29, 1.82) is 0 Å². The Morgan fingerprint density at radius 3 is 0.547 bits per heavy atom. The third-order valence-corrected chi connectivity index (χ3v) is 13.4. The van der Waals surface area contributed by atoms with Crippen molar-refractivity contribution in [2.45, 2.75) is 36.1 Å². The third kappa shape index (κ3) is 9.45. The Bertz CT molecular complexity index is 2310. The summed E-state index contributed by atoms with van der Waals surface area (Å²) in [7, 11) is -2.35. The zero-order valence-corrected chi connectivity index (χ0v) is 36.7. The Labute approximate surface area is 379 Å². The van der Waals surface area contributed by atoms with E-state index in [4.69, 9.17) is 13.6 Å². The molecule has 0 aromatic heterocycles. The number of rotatable bonds is 18. The largest absolute Gasteiger partial charge is 0.336 e. The molecule has 0 bridgehead atoms. The van der Waals surface area contributed by atoms with Gasteiger partial charge in [0, 0.05) is 19.3 Å². The maximum absolute atomic E-state index is 8.11. The van der Waals surface area contributed by atoms with Crippen LogP contribution in [0, 0.1) is 0 Å². The zero-order valence-electron chi connectivity index (χ0n) is 35.8. The van der Waals surface area contributed by atoms with Gasteiger partial charge in [0.25, 0.3) is 0 Å². The van der Waals surface area contributed by atoms with Gasteiger partial charge in [0.1, 0.15) is 16.8 Å². The Balaban J connectivity index is 1.34. The molecule has 4 heteroatoms. The average molecular weight is 851 g/mol. The van der Waals surface area contributed by atoms with Gasteiger partial charge in [-0.05, 0) is 50.1 Å². The van der Waals surface area contributed by atoms with E-state index in [0.29, 0.717) is 19.3 Å². The van der Waals surface area contributed by atoms with Crippen LogP contribution in [-0.4, -0.2) is 0 Å². The van der Waals surface area contributed by atoms with Crippen LogP contribution in [0.25, 0.3) is 0 Å². The fourth-order valence-electron chi connectivity index (χ4n) is 8.86. The molecule has 0 atom stereocenters. The molecule has 0 unspecified atom stereocenters. The van der Waals surface area contributed by atoms with Gasteiger partial charge >= 0.3 is 8.60 Å². The average Bonchev–Trinajstić information content (AvgIpc) is 3.38. The van der Waals surface area contributed by atoms with Crippen molar-refractivity contribution in [3.05, 3.63) is 323 Å². The molecule has 0 saturated carbocycles. The van der Waals surface area contributed by atoms with Crippen molar-refractivity contribution < 1.29 is 13.6 Å². The SMILES string of the molecule is c1ccc(CC(OP(OC(Cc2ccccc2)(c2ccccc2)c2ccccc2)OC(Cc2ccccc2)(c2ccccc2)c2ccccc2)(c2ccccc2)c2ccccc2)cc1. The minimum Gasteiger partial charge on any atom is -0.295 e. The monoisotopic (exact) mass is 850 g/mol. The highest BCUT2D eigenvalue weighted by molar-refractivity contribution is 7.41. The van der Waals surface area contributed by atoms with E-state index in [1.54, 1.807) is 0 Å². The van der Waals surface area contributed by atoms with Crippen LogP contribution in [0.15, 0.2) is 273 Å². The summed E-state index contributed by atoms with van der Waals surface area (Å²) in [5, 5.41) is 0. The van der Waals surface area contributed by atoms with Crippen LogP contribution in [0.5, 0.6) is 0 Å². The highest BCUT2D eigenvalue weighted by Gasteiger charge is 2.49. The van der Waals surface area contributed by atoms with Gasteiger partial charge in [-0.15, -0.1) is 0 Å². The van der Waals surface area contributed by atoms with Gasteiger partial charge in [0.2, 0.25) is 0 Å². The van der Waals surface area contributed by atoms with Gasteiger partial charge < -0.3 is 0 Å². The lowest BCUT2D eigenvalue weighted by Gasteiger charge is -2.45. The maximum atomic E-state index is 8.11. The van der Waals surface area contributed by atoms with Gasteiger partial charge in [-0.3, -0.25) is 13.6 Å². The van der Waals surface area contributed by atoms with Gasteiger partial charge in [-0.25, -0.2) is 0 Å². The molecule has 9 rings (SSSR count). The van der Waals surface area contributed by atoms with Gasteiger partial charge in [-0.1, -0.05) is 273 Å². The smallest absolute Gasteiger partial charge is 0.295 e. The van der Waals surface area contributed by atoms with Crippen molar-refractivity contribution in [3.63, 3.8) is 0 Å². The molecule has 0 aliphatic rings. The number of hydrogen-bond acceptors (Lipinski definition) is 3. The zero-order chi connectivity index (χ0) is 43.3. The summed E-state index contributed by atoms with van der Waals surface area (Å²) in [4.78, 5) is 0. The van der Waals surface area contributed by atoms with E-state index in [0.717, 1.165) is 50.1 Å². The van der Waals surface area contributed by atoms with Gasteiger partial charge in [0.15, 0.2) is 0 Å². The van der Waals surface area contributed by atoms with Crippen molar-refractivity contribution in [2.75, 3.05) is 0 Å². The Kier molecular flexibility index (Phi) is 13.4. The van der Waals surface area contributed by atoms with Gasteiger partial charge in [0.05, 0.1) is 0 Å². The summed E-state index contributed by atoms with van der Waals surface area (Å²) in [5.74, 6) is 0. The van der Waals surface area contributed by atoms with E-state index in [-0.39, 0.29) is 0 Å². The summed E-state index contributed by atoms with van der Waals surface area (Å²) >= 11 is 0. The molecule has 64 heavy (non-hydrogen) atoms. The molecule has 0 spiro atoms. The predicted octanol–water partition coefficient (Wildman–Crippen LogP) is 14.8. The molecule has 0 fully saturated rings. The summed E-state index contributed by atoms with van der Waals surface area (Å²) in [6, 6.07) is 95.2. The molecule has 0 heterocycles. The molecule has 314 valence electrons. The molecular formula is C60H51O3P. The Morgan fingerprint density at radius 2 is 0.375 bits per heavy atom. The Hall–Kier alpha value is -6.71. The second-order valence-corrected chi connectivity index (χ2v) is 17.2. The lowest BCUT2D eigenvalue weighted by atomic mass is 9.81. The highest BCUT2D eigenvalue weighted by Crippen LogP contribution is 2.61. The lowest BCUT2D eigenvalue weighted by Crippen LogP contribution is -2.39. The van der Waals surface area contributed by atoms with E-state index in [1.165, 1.54) is 0 Å². The summed E-state index contributed by atoms with van der Waals surface area (Å²) < 4.78 is 24.3. The van der Waals surface area contributed by atoms with E-state index in [1.807, 2.05) is 0 Å². The second kappa shape index (κ2) is 20.2. The minimum atomic E-state index is -2.35. The third-order valence-electron chi connectivity index (χ3n) is 12.0. The summed E-state index contributed by atoms with van der Waals surface area (Å²) in [6.07, 6.45) is 1.54. The van der Waals surface area contributed by atoms with Crippen LogP contribution >= 0.6 is 8.60 Å². The topological polar surface area (TPSA) is 27.7 Å². The van der Waals surface area contributed by atoms with E-state index >= 15 is 0 Å². The highest BCUT2D eigenvalue weighted by atomic mass is 31.2. The van der Waals surface area contributed by atoms with Gasteiger partial charge in [-0.2, -0.15) is 0 Å². The van der Waals surface area contributed by atoms with Crippen molar-refractivity contribution in [1.82, 2.24) is 0 Å². The first kappa shape index (κ1) is 42.6. The van der Waals surface area contributed by atoms with E-state index in [2.05, 4.69) is 273 Å².